The number of hydrogen-bond donors (Lipinski definition) is 0. The minimum absolute atomic E-state index is 0.121. The van der Waals surface area contributed by atoms with Gasteiger partial charge in [0.25, 0.3) is 0 Å². The third kappa shape index (κ3) is 2.65. The lowest BCUT2D eigenvalue weighted by Crippen LogP contribution is -1.92. The monoisotopic (exact) mass is 364 g/mol. The van der Waals surface area contributed by atoms with Gasteiger partial charge in [-0.2, -0.15) is 9.97 Å². The van der Waals surface area contributed by atoms with Gasteiger partial charge in [-0.15, -0.1) is 0 Å². The van der Waals surface area contributed by atoms with Crippen LogP contribution in [0.4, 0.5) is 0 Å². The van der Waals surface area contributed by atoms with Crippen LogP contribution in [0.5, 0.6) is 17.2 Å². The molecule has 134 valence electrons. The number of methoxy groups -OCH3 is 1. The Bertz CT molecular complexity index is 1120. The first kappa shape index (κ1) is 15.4. The Morgan fingerprint density at radius 1 is 0.852 bits per heavy atom. The van der Waals surface area contributed by atoms with E-state index in [1.54, 1.807) is 19.2 Å². The van der Waals surface area contributed by atoms with Crippen LogP contribution in [0.25, 0.3) is 34.6 Å². The van der Waals surface area contributed by atoms with Gasteiger partial charge in [0.15, 0.2) is 11.5 Å². The van der Waals surface area contributed by atoms with Crippen molar-refractivity contribution in [1.29, 1.82) is 0 Å². The van der Waals surface area contributed by atoms with Crippen LogP contribution in [-0.4, -0.2) is 34.2 Å². The van der Waals surface area contributed by atoms with Crippen molar-refractivity contribution in [2.75, 3.05) is 13.9 Å². The fourth-order valence-corrected chi connectivity index (χ4v) is 2.71. The summed E-state index contributed by atoms with van der Waals surface area (Å²) < 4.78 is 26.5. The van der Waals surface area contributed by atoms with Gasteiger partial charge in [-0.25, -0.2) is 0 Å². The average Bonchev–Trinajstić information content (AvgIpc) is 3.47. The Balaban J connectivity index is 1.46. The minimum Gasteiger partial charge on any atom is -0.496 e. The predicted molar refractivity (Wildman–Crippen MR) is 91.1 cm³/mol. The van der Waals surface area contributed by atoms with E-state index in [0.29, 0.717) is 34.5 Å². The smallest absolute Gasteiger partial charge is 0.316 e. The standard InChI is InChI=1S/C18H12N4O5/c1-23-12-5-3-2-4-11(12)16-20-18(27-22-16)17-19-15(21-26-17)10-6-7-13-14(8-10)25-9-24-13/h2-8H,9H2,1H3. The molecule has 5 rings (SSSR count). The normalized spacial score (nSPS) is 12.3. The van der Waals surface area contributed by atoms with E-state index in [1.165, 1.54) is 0 Å². The van der Waals surface area contributed by atoms with Crippen molar-refractivity contribution in [3.63, 3.8) is 0 Å². The third-order valence-corrected chi connectivity index (χ3v) is 4.01. The zero-order valence-corrected chi connectivity index (χ0v) is 14.1. The lowest BCUT2D eigenvalue weighted by atomic mass is 10.2. The molecular formula is C18H12N4O5. The van der Waals surface area contributed by atoms with E-state index in [1.807, 2.05) is 30.3 Å². The van der Waals surface area contributed by atoms with Crippen molar-refractivity contribution in [1.82, 2.24) is 20.3 Å². The van der Waals surface area contributed by atoms with Gasteiger partial charge in [0.2, 0.25) is 18.4 Å². The van der Waals surface area contributed by atoms with E-state index < -0.39 is 0 Å². The van der Waals surface area contributed by atoms with Crippen molar-refractivity contribution >= 4 is 0 Å². The molecule has 1 aliphatic rings. The molecule has 0 radical (unpaired) electrons. The molecule has 9 heteroatoms. The van der Waals surface area contributed by atoms with Crippen LogP contribution in [0, 0.1) is 0 Å². The summed E-state index contributed by atoms with van der Waals surface area (Å²) in [7, 11) is 1.58. The highest BCUT2D eigenvalue weighted by atomic mass is 16.7. The van der Waals surface area contributed by atoms with E-state index in [4.69, 9.17) is 23.3 Å². The maximum atomic E-state index is 5.37. The summed E-state index contributed by atoms with van der Waals surface area (Å²) in [5.41, 5.74) is 1.42. The summed E-state index contributed by atoms with van der Waals surface area (Å²) >= 11 is 0. The van der Waals surface area contributed by atoms with E-state index in [0.717, 1.165) is 5.56 Å². The zero-order valence-electron chi connectivity index (χ0n) is 14.1. The summed E-state index contributed by atoms with van der Waals surface area (Å²) in [6.45, 7) is 0.198. The summed E-state index contributed by atoms with van der Waals surface area (Å²) in [5.74, 6) is 2.93. The second-order valence-electron chi connectivity index (χ2n) is 5.61. The van der Waals surface area contributed by atoms with Gasteiger partial charge in [-0.05, 0) is 30.3 Å². The van der Waals surface area contributed by atoms with Gasteiger partial charge in [0.1, 0.15) is 5.75 Å². The van der Waals surface area contributed by atoms with Crippen molar-refractivity contribution in [3.05, 3.63) is 42.5 Å². The molecule has 0 aliphatic carbocycles. The molecule has 4 aromatic rings. The molecule has 0 saturated heterocycles. The quantitative estimate of drug-likeness (QED) is 0.539. The van der Waals surface area contributed by atoms with Gasteiger partial charge in [0, 0.05) is 5.56 Å². The van der Waals surface area contributed by atoms with Crippen molar-refractivity contribution in [3.8, 4) is 51.8 Å². The molecule has 0 bridgehead atoms. The highest BCUT2D eigenvalue weighted by molar-refractivity contribution is 5.65. The van der Waals surface area contributed by atoms with Crippen molar-refractivity contribution < 1.29 is 23.3 Å². The lowest BCUT2D eigenvalue weighted by Gasteiger charge is -2.02. The minimum atomic E-state index is 0.121. The zero-order chi connectivity index (χ0) is 18.2. The molecule has 1 aliphatic heterocycles. The predicted octanol–water partition coefficient (Wildman–Crippen LogP) is 3.19. The number of nitrogens with zero attached hydrogens (tertiary/aromatic N) is 4. The summed E-state index contributed by atoms with van der Waals surface area (Å²) in [5, 5.41) is 7.94. The highest BCUT2D eigenvalue weighted by Crippen LogP contribution is 2.35. The molecule has 0 spiro atoms. The van der Waals surface area contributed by atoms with Crippen LogP contribution in [0.2, 0.25) is 0 Å². The molecule has 0 atom stereocenters. The fraction of sp³-hybridized carbons (Fsp3) is 0.111. The Hall–Kier alpha value is -3.88. The molecule has 27 heavy (non-hydrogen) atoms. The Morgan fingerprint density at radius 3 is 2.44 bits per heavy atom. The van der Waals surface area contributed by atoms with Crippen LogP contribution in [0.15, 0.2) is 51.5 Å². The Labute approximate surface area is 152 Å². The van der Waals surface area contributed by atoms with Gasteiger partial charge < -0.3 is 23.3 Å². The number of ether oxygens (including phenoxy) is 3. The van der Waals surface area contributed by atoms with Gasteiger partial charge >= 0.3 is 11.8 Å². The van der Waals surface area contributed by atoms with Crippen molar-refractivity contribution in [2.24, 2.45) is 0 Å². The summed E-state index contributed by atoms with van der Waals surface area (Å²) in [6.07, 6.45) is 0. The molecule has 0 saturated carbocycles. The number of hydrogen-bond acceptors (Lipinski definition) is 9. The highest BCUT2D eigenvalue weighted by Gasteiger charge is 2.21. The number of fused-ring (bicyclic) bond motifs is 1. The van der Waals surface area contributed by atoms with E-state index >= 15 is 0 Å². The summed E-state index contributed by atoms with van der Waals surface area (Å²) in [6, 6.07) is 12.8. The van der Waals surface area contributed by atoms with E-state index in [2.05, 4.69) is 20.3 Å². The molecule has 9 nitrogen and oxygen atoms in total. The van der Waals surface area contributed by atoms with Crippen LogP contribution < -0.4 is 14.2 Å². The maximum absolute atomic E-state index is 5.37. The fourth-order valence-electron chi connectivity index (χ4n) is 2.71. The Morgan fingerprint density at radius 2 is 1.59 bits per heavy atom. The SMILES string of the molecule is COc1ccccc1-c1noc(-c2nc(-c3ccc4c(c3)OCO4)no2)n1. The second-order valence-corrected chi connectivity index (χ2v) is 5.61. The van der Waals surface area contributed by atoms with Gasteiger partial charge in [-0.3, -0.25) is 0 Å². The first-order chi connectivity index (χ1) is 13.3. The van der Waals surface area contributed by atoms with Crippen LogP contribution >= 0.6 is 0 Å². The van der Waals surface area contributed by atoms with Gasteiger partial charge in [0.05, 0.1) is 12.7 Å². The average molecular weight is 364 g/mol. The first-order valence-corrected chi connectivity index (χ1v) is 8.03. The van der Waals surface area contributed by atoms with E-state index in [9.17, 15) is 0 Å². The molecule has 0 fully saturated rings. The van der Waals surface area contributed by atoms with Crippen LogP contribution in [0.3, 0.4) is 0 Å². The largest absolute Gasteiger partial charge is 0.496 e. The van der Waals surface area contributed by atoms with Crippen LogP contribution in [-0.2, 0) is 0 Å². The van der Waals surface area contributed by atoms with Crippen molar-refractivity contribution in [2.45, 2.75) is 0 Å². The molecule has 3 heterocycles. The number of para-hydroxylation sites is 1. The van der Waals surface area contributed by atoms with Crippen LogP contribution in [0.1, 0.15) is 0 Å². The molecule has 2 aromatic carbocycles. The molecule has 2 aromatic heterocycles. The molecule has 0 N–H and O–H groups in total. The molecule has 0 unspecified atom stereocenters. The van der Waals surface area contributed by atoms with Gasteiger partial charge in [-0.1, -0.05) is 22.4 Å². The summed E-state index contributed by atoms with van der Waals surface area (Å²) in [4.78, 5) is 8.65. The lowest BCUT2D eigenvalue weighted by molar-refractivity contribution is 0.174. The third-order valence-electron chi connectivity index (χ3n) is 4.01. The topological polar surface area (TPSA) is 106 Å². The maximum Gasteiger partial charge on any atom is 0.316 e. The number of benzene rings is 2. The second kappa shape index (κ2) is 6.13. The molecular weight excluding hydrogens is 352 g/mol. The number of rotatable bonds is 4. The first-order valence-electron chi connectivity index (χ1n) is 8.03. The Kier molecular flexibility index (Phi) is 3.49. The molecule has 0 amide bonds. The van der Waals surface area contributed by atoms with E-state index in [-0.39, 0.29) is 18.6 Å². The number of aromatic nitrogens is 4.